The molecule has 1 fully saturated rings. The maximum atomic E-state index is 12.4. The van der Waals surface area contributed by atoms with Gasteiger partial charge in [0.05, 0.1) is 12.1 Å². The van der Waals surface area contributed by atoms with Crippen LogP contribution in [0, 0.1) is 6.92 Å². The smallest absolute Gasteiger partial charge is 0.231 e. The number of amides is 1. The van der Waals surface area contributed by atoms with Gasteiger partial charge in [0.15, 0.2) is 11.5 Å². The Morgan fingerprint density at radius 2 is 1.96 bits per heavy atom. The Kier molecular flexibility index (Phi) is 4.31. The summed E-state index contributed by atoms with van der Waals surface area (Å²) in [6.07, 6.45) is 0.368. The number of nitrogens with zero attached hydrogens (tertiary/aromatic N) is 3. The van der Waals surface area contributed by atoms with E-state index in [1.54, 1.807) is 0 Å². The van der Waals surface area contributed by atoms with E-state index in [0.29, 0.717) is 13.2 Å². The summed E-state index contributed by atoms with van der Waals surface area (Å²) in [6.45, 7) is 6.36. The molecule has 2 aromatic rings. The molecule has 1 N–H and O–H groups in total. The van der Waals surface area contributed by atoms with Crippen LogP contribution in [0.25, 0.3) is 0 Å². The lowest BCUT2D eigenvalue weighted by molar-refractivity contribution is -0.132. The molecule has 2 aliphatic rings. The third kappa shape index (κ3) is 3.61. The maximum absolute atomic E-state index is 12.4. The zero-order chi connectivity index (χ0) is 17.2. The number of aryl methyl sites for hydroxylation is 1. The predicted molar refractivity (Wildman–Crippen MR) is 91.5 cm³/mol. The molecule has 3 heterocycles. The molecule has 7 nitrogen and oxygen atoms in total. The maximum Gasteiger partial charge on any atom is 0.231 e. The average molecular weight is 342 g/mol. The monoisotopic (exact) mass is 342 g/mol. The molecular weight excluding hydrogens is 320 g/mol. The van der Waals surface area contributed by atoms with Crippen LogP contribution in [0.5, 0.6) is 11.5 Å². The van der Waals surface area contributed by atoms with Crippen LogP contribution < -0.4 is 9.47 Å². The molecular formula is C18H22N4O3. The fraction of sp³-hybridized carbons (Fsp3) is 0.444. The van der Waals surface area contributed by atoms with Crippen molar-refractivity contribution in [1.82, 2.24) is 20.0 Å². The van der Waals surface area contributed by atoms with E-state index in [-0.39, 0.29) is 5.91 Å². The van der Waals surface area contributed by atoms with Crippen molar-refractivity contribution in [3.05, 3.63) is 41.2 Å². The first kappa shape index (κ1) is 16.0. The van der Waals surface area contributed by atoms with Crippen molar-refractivity contribution in [1.29, 1.82) is 0 Å². The van der Waals surface area contributed by atoms with Crippen LogP contribution in [-0.4, -0.2) is 58.9 Å². The Hall–Kier alpha value is -2.54. The summed E-state index contributed by atoms with van der Waals surface area (Å²) in [6, 6.07) is 8.00. The van der Waals surface area contributed by atoms with E-state index in [0.717, 1.165) is 55.6 Å². The third-order valence-electron chi connectivity index (χ3n) is 4.66. The number of benzene rings is 1. The third-order valence-corrected chi connectivity index (χ3v) is 4.66. The van der Waals surface area contributed by atoms with Gasteiger partial charge in [-0.05, 0) is 30.7 Å². The number of hydrogen-bond donors (Lipinski definition) is 1. The summed E-state index contributed by atoms with van der Waals surface area (Å²) in [7, 11) is 0. The van der Waals surface area contributed by atoms with Crippen molar-refractivity contribution in [3.8, 4) is 11.5 Å². The van der Waals surface area contributed by atoms with Crippen molar-refractivity contribution in [2.75, 3.05) is 33.0 Å². The fourth-order valence-electron chi connectivity index (χ4n) is 3.28. The number of nitrogens with one attached hydrogen (secondary N) is 1. The lowest BCUT2D eigenvalue weighted by Crippen LogP contribution is -2.48. The quantitative estimate of drug-likeness (QED) is 0.908. The van der Waals surface area contributed by atoms with Gasteiger partial charge in [-0.3, -0.25) is 14.8 Å². The zero-order valence-electron chi connectivity index (χ0n) is 14.3. The molecule has 7 heteroatoms. The number of carbonyl (C=O) groups is 1. The lowest BCUT2D eigenvalue weighted by Gasteiger charge is -2.34. The molecule has 0 spiro atoms. The molecule has 4 rings (SSSR count). The van der Waals surface area contributed by atoms with E-state index in [1.807, 2.05) is 30.0 Å². The van der Waals surface area contributed by atoms with E-state index >= 15 is 0 Å². The van der Waals surface area contributed by atoms with Crippen molar-refractivity contribution < 1.29 is 14.3 Å². The van der Waals surface area contributed by atoms with Gasteiger partial charge >= 0.3 is 0 Å². The van der Waals surface area contributed by atoms with E-state index < -0.39 is 0 Å². The summed E-state index contributed by atoms with van der Waals surface area (Å²) in [5.41, 5.74) is 3.00. The van der Waals surface area contributed by atoms with Gasteiger partial charge < -0.3 is 14.4 Å². The number of hydrogen-bond acceptors (Lipinski definition) is 5. The second kappa shape index (κ2) is 6.76. The van der Waals surface area contributed by atoms with Crippen LogP contribution >= 0.6 is 0 Å². The normalized spacial score (nSPS) is 17.1. The lowest BCUT2D eigenvalue weighted by atomic mass is 10.1. The summed E-state index contributed by atoms with van der Waals surface area (Å²) < 4.78 is 10.8. The highest BCUT2D eigenvalue weighted by Gasteiger charge is 2.22. The van der Waals surface area contributed by atoms with E-state index in [4.69, 9.17) is 9.47 Å². The number of ether oxygens (including phenoxy) is 2. The molecule has 132 valence electrons. The van der Waals surface area contributed by atoms with E-state index in [2.05, 4.69) is 21.2 Å². The predicted octanol–water partition coefficient (Wildman–Crippen LogP) is 1.33. The Morgan fingerprint density at radius 3 is 2.72 bits per heavy atom. The Labute approximate surface area is 146 Å². The summed E-state index contributed by atoms with van der Waals surface area (Å²) in [5, 5.41) is 7.03. The number of aromatic amines is 1. The van der Waals surface area contributed by atoms with Gasteiger partial charge in [0.2, 0.25) is 12.7 Å². The van der Waals surface area contributed by atoms with Crippen molar-refractivity contribution in [2.45, 2.75) is 19.9 Å². The first-order chi connectivity index (χ1) is 12.2. The van der Waals surface area contributed by atoms with Crippen LogP contribution in [0.1, 0.15) is 17.0 Å². The van der Waals surface area contributed by atoms with Gasteiger partial charge in [-0.2, -0.15) is 5.10 Å². The highest BCUT2D eigenvalue weighted by Crippen LogP contribution is 2.32. The zero-order valence-corrected chi connectivity index (χ0v) is 14.3. The molecule has 0 atom stereocenters. The fourth-order valence-corrected chi connectivity index (χ4v) is 3.28. The molecule has 0 saturated carbocycles. The number of H-pyrrole nitrogens is 1. The molecule has 1 aromatic heterocycles. The van der Waals surface area contributed by atoms with Crippen molar-refractivity contribution >= 4 is 5.91 Å². The summed E-state index contributed by atoms with van der Waals surface area (Å²) >= 11 is 0. The standard InChI is InChI=1S/C18H22N4O3/c1-13-8-15(20-19-13)10-18(23)22-6-4-21(5-7-22)11-14-2-3-16-17(9-14)25-12-24-16/h2-3,8-9H,4-7,10-12H2,1H3,(H,19,20). The Bertz CT molecular complexity index is 765. The van der Waals surface area contributed by atoms with Gasteiger partial charge in [0, 0.05) is 38.4 Å². The highest BCUT2D eigenvalue weighted by molar-refractivity contribution is 5.78. The number of piperazine rings is 1. The van der Waals surface area contributed by atoms with Crippen molar-refractivity contribution in [2.24, 2.45) is 0 Å². The van der Waals surface area contributed by atoms with Crippen LogP contribution in [0.4, 0.5) is 0 Å². The first-order valence-corrected chi connectivity index (χ1v) is 8.57. The molecule has 2 aliphatic heterocycles. The van der Waals surface area contributed by atoms with Crippen LogP contribution in [-0.2, 0) is 17.8 Å². The minimum Gasteiger partial charge on any atom is -0.454 e. The molecule has 1 saturated heterocycles. The molecule has 0 aliphatic carbocycles. The van der Waals surface area contributed by atoms with Crippen LogP contribution in [0.15, 0.2) is 24.3 Å². The average Bonchev–Trinajstić information content (AvgIpc) is 3.24. The topological polar surface area (TPSA) is 70.7 Å². The molecule has 0 bridgehead atoms. The molecule has 25 heavy (non-hydrogen) atoms. The summed E-state index contributed by atoms with van der Waals surface area (Å²) in [5.74, 6) is 1.78. The minimum absolute atomic E-state index is 0.147. The van der Waals surface area contributed by atoms with Gasteiger partial charge in [0.1, 0.15) is 0 Å². The second-order valence-electron chi connectivity index (χ2n) is 6.56. The van der Waals surface area contributed by atoms with Gasteiger partial charge in [-0.15, -0.1) is 0 Å². The first-order valence-electron chi connectivity index (χ1n) is 8.57. The Balaban J connectivity index is 1.28. The minimum atomic E-state index is 0.147. The van der Waals surface area contributed by atoms with Crippen molar-refractivity contribution in [3.63, 3.8) is 0 Å². The Morgan fingerprint density at radius 1 is 1.16 bits per heavy atom. The van der Waals surface area contributed by atoms with Crippen LogP contribution in [0.3, 0.4) is 0 Å². The number of rotatable bonds is 4. The highest BCUT2D eigenvalue weighted by atomic mass is 16.7. The number of carbonyl (C=O) groups excluding carboxylic acids is 1. The SMILES string of the molecule is Cc1cc(CC(=O)N2CCN(Cc3ccc4c(c3)OCO4)CC2)n[nH]1. The van der Waals surface area contributed by atoms with E-state index in [1.165, 1.54) is 5.56 Å². The van der Waals surface area contributed by atoms with E-state index in [9.17, 15) is 4.79 Å². The largest absolute Gasteiger partial charge is 0.454 e. The van der Waals surface area contributed by atoms with Gasteiger partial charge in [-0.1, -0.05) is 6.07 Å². The van der Waals surface area contributed by atoms with Gasteiger partial charge in [0.25, 0.3) is 0 Å². The number of fused-ring (bicyclic) bond motifs is 1. The molecule has 0 radical (unpaired) electrons. The van der Waals surface area contributed by atoms with Gasteiger partial charge in [-0.25, -0.2) is 0 Å². The summed E-state index contributed by atoms with van der Waals surface area (Å²) in [4.78, 5) is 16.7. The molecule has 1 aromatic carbocycles. The second-order valence-corrected chi connectivity index (χ2v) is 6.56. The molecule has 1 amide bonds. The van der Waals surface area contributed by atoms with Crippen LogP contribution in [0.2, 0.25) is 0 Å². The molecule has 0 unspecified atom stereocenters. The number of aromatic nitrogens is 2.